The third kappa shape index (κ3) is 3.69. The van der Waals surface area contributed by atoms with Gasteiger partial charge in [-0.15, -0.1) is 0 Å². The van der Waals surface area contributed by atoms with E-state index in [4.69, 9.17) is 0 Å². The van der Waals surface area contributed by atoms with E-state index in [9.17, 15) is 14.0 Å². The van der Waals surface area contributed by atoms with Crippen molar-refractivity contribution in [1.29, 1.82) is 0 Å². The molecule has 0 aromatic heterocycles. The largest absolute Gasteiger partial charge is 0.366 e. The number of benzene rings is 2. The summed E-state index contributed by atoms with van der Waals surface area (Å²) in [5.41, 5.74) is 3.05. The van der Waals surface area contributed by atoms with Gasteiger partial charge < -0.3 is 4.90 Å². The monoisotopic (exact) mass is 392 g/mol. The van der Waals surface area contributed by atoms with Gasteiger partial charge in [-0.05, 0) is 37.3 Å². The van der Waals surface area contributed by atoms with Gasteiger partial charge in [0, 0.05) is 18.7 Å². The maximum absolute atomic E-state index is 14.2. The summed E-state index contributed by atoms with van der Waals surface area (Å²) in [5, 5.41) is 0. The summed E-state index contributed by atoms with van der Waals surface area (Å²) in [7, 11) is 0. The fourth-order valence-corrected chi connectivity index (χ4v) is 4.17. The second kappa shape index (κ2) is 7.82. The minimum Gasteiger partial charge on any atom is -0.366 e. The quantitative estimate of drug-likeness (QED) is 0.734. The van der Waals surface area contributed by atoms with E-state index in [0.29, 0.717) is 22.8 Å². The van der Waals surface area contributed by atoms with E-state index in [2.05, 4.69) is 6.92 Å². The van der Waals surface area contributed by atoms with Crippen LogP contribution in [0.2, 0.25) is 0 Å². The average Bonchev–Trinajstić information content (AvgIpc) is 2.95. The van der Waals surface area contributed by atoms with Crippen LogP contribution in [0.15, 0.2) is 54.2 Å². The predicted molar refractivity (Wildman–Crippen MR) is 110 cm³/mol. The van der Waals surface area contributed by atoms with Crippen LogP contribution >= 0.6 is 0 Å². The van der Waals surface area contributed by atoms with Crippen LogP contribution < -0.4 is 0 Å². The lowest BCUT2D eigenvalue weighted by molar-refractivity contribution is -0.138. The maximum Gasteiger partial charge on any atom is 0.278 e. The van der Waals surface area contributed by atoms with Crippen molar-refractivity contribution in [3.63, 3.8) is 0 Å². The zero-order valence-electron chi connectivity index (χ0n) is 16.8. The van der Waals surface area contributed by atoms with Crippen LogP contribution in [0.3, 0.4) is 0 Å². The molecule has 2 aliphatic heterocycles. The maximum atomic E-state index is 14.2. The standard InChI is InChI=1S/C24H25FN2O2/c1-16-9-11-18(12-10-16)21-22(26-13-5-6-17(2)14-26)24(29)27(23(21)28)15-19-7-3-4-8-20(19)25/h3-4,7-12,17H,5-6,13-15H2,1-2H3. The Morgan fingerprint density at radius 1 is 1.03 bits per heavy atom. The topological polar surface area (TPSA) is 40.6 Å². The molecule has 0 aliphatic carbocycles. The van der Waals surface area contributed by atoms with Crippen molar-refractivity contribution in [1.82, 2.24) is 9.80 Å². The van der Waals surface area contributed by atoms with Gasteiger partial charge in [0.05, 0.1) is 12.1 Å². The number of nitrogens with zero attached hydrogens (tertiary/aromatic N) is 2. The third-order valence-corrected chi connectivity index (χ3v) is 5.74. The summed E-state index contributed by atoms with van der Waals surface area (Å²) in [5.74, 6) is -0.637. The fraction of sp³-hybridized carbons (Fsp3) is 0.333. The van der Waals surface area contributed by atoms with Gasteiger partial charge >= 0.3 is 0 Å². The zero-order valence-corrected chi connectivity index (χ0v) is 16.8. The molecule has 0 bridgehead atoms. The molecule has 29 heavy (non-hydrogen) atoms. The Morgan fingerprint density at radius 2 is 1.76 bits per heavy atom. The Morgan fingerprint density at radius 3 is 2.45 bits per heavy atom. The van der Waals surface area contributed by atoms with Gasteiger partial charge in [0.25, 0.3) is 11.8 Å². The van der Waals surface area contributed by atoms with E-state index in [-0.39, 0.29) is 18.4 Å². The van der Waals surface area contributed by atoms with Crippen molar-refractivity contribution in [2.75, 3.05) is 13.1 Å². The summed E-state index contributed by atoms with van der Waals surface area (Å²) >= 11 is 0. The molecule has 150 valence electrons. The molecule has 4 rings (SSSR count). The minimum absolute atomic E-state index is 0.0629. The number of piperidine rings is 1. The second-order valence-corrected chi connectivity index (χ2v) is 8.07. The average molecular weight is 392 g/mol. The molecular weight excluding hydrogens is 367 g/mol. The first-order valence-electron chi connectivity index (χ1n) is 10.1. The van der Waals surface area contributed by atoms with Crippen LogP contribution in [0.4, 0.5) is 4.39 Å². The summed E-state index contributed by atoms with van der Waals surface area (Å²) in [6.07, 6.45) is 2.10. The molecule has 1 atom stereocenters. The molecule has 2 amide bonds. The Labute approximate surface area is 170 Å². The number of likely N-dealkylation sites (tertiary alicyclic amines) is 1. The zero-order chi connectivity index (χ0) is 20.5. The first kappa shape index (κ1) is 19.4. The molecule has 0 N–H and O–H groups in total. The first-order chi connectivity index (χ1) is 14.0. The van der Waals surface area contributed by atoms with Gasteiger partial charge in [-0.1, -0.05) is 55.0 Å². The number of aryl methyl sites for hydroxylation is 1. The Balaban J connectivity index is 1.75. The highest BCUT2D eigenvalue weighted by molar-refractivity contribution is 6.35. The Bertz CT molecular complexity index is 981. The van der Waals surface area contributed by atoms with Gasteiger partial charge in [0.2, 0.25) is 0 Å². The molecule has 2 aromatic rings. The lowest BCUT2D eigenvalue weighted by Gasteiger charge is -2.33. The summed E-state index contributed by atoms with van der Waals surface area (Å²) in [6.45, 7) is 5.58. The molecular formula is C24H25FN2O2. The lowest BCUT2D eigenvalue weighted by Crippen LogP contribution is -2.39. The minimum atomic E-state index is -0.412. The second-order valence-electron chi connectivity index (χ2n) is 8.07. The van der Waals surface area contributed by atoms with E-state index in [1.165, 1.54) is 11.0 Å². The molecule has 1 fully saturated rings. The van der Waals surface area contributed by atoms with E-state index in [1.54, 1.807) is 18.2 Å². The van der Waals surface area contributed by atoms with E-state index >= 15 is 0 Å². The summed E-state index contributed by atoms with van der Waals surface area (Å²) in [6, 6.07) is 13.9. The molecule has 1 unspecified atom stereocenters. The summed E-state index contributed by atoms with van der Waals surface area (Å²) < 4.78 is 14.2. The van der Waals surface area contributed by atoms with Crippen LogP contribution in [0.5, 0.6) is 0 Å². The van der Waals surface area contributed by atoms with Crippen LogP contribution in [-0.4, -0.2) is 34.7 Å². The highest BCUT2D eigenvalue weighted by Gasteiger charge is 2.42. The highest BCUT2D eigenvalue weighted by atomic mass is 19.1. The normalized spacial score (nSPS) is 20.0. The number of halogens is 1. The molecule has 2 heterocycles. The van der Waals surface area contributed by atoms with Gasteiger partial charge in [-0.3, -0.25) is 14.5 Å². The van der Waals surface area contributed by atoms with Gasteiger partial charge in [-0.2, -0.15) is 0 Å². The van der Waals surface area contributed by atoms with Gasteiger partial charge in [0.15, 0.2) is 0 Å². The highest BCUT2D eigenvalue weighted by Crippen LogP contribution is 2.35. The number of rotatable bonds is 4. The van der Waals surface area contributed by atoms with Crippen molar-refractivity contribution in [3.8, 4) is 0 Å². The lowest BCUT2D eigenvalue weighted by atomic mass is 9.97. The number of carbonyl (C=O) groups excluding carboxylic acids is 2. The van der Waals surface area contributed by atoms with Crippen LogP contribution in [0, 0.1) is 18.7 Å². The molecule has 0 saturated carbocycles. The number of carbonyl (C=O) groups is 2. The van der Waals surface area contributed by atoms with E-state index in [0.717, 1.165) is 37.1 Å². The van der Waals surface area contributed by atoms with Crippen LogP contribution in [0.25, 0.3) is 5.57 Å². The number of hydrogen-bond donors (Lipinski definition) is 0. The third-order valence-electron chi connectivity index (χ3n) is 5.74. The molecule has 2 aromatic carbocycles. The van der Waals surface area contributed by atoms with Crippen molar-refractivity contribution in [2.45, 2.75) is 33.2 Å². The van der Waals surface area contributed by atoms with Crippen molar-refractivity contribution >= 4 is 17.4 Å². The van der Waals surface area contributed by atoms with Crippen molar-refractivity contribution in [3.05, 3.63) is 76.7 Å². The van der Waals surface area contributed by atoms with Crippen LogP contribution in [0.1, 0.15) is 36.5 Å². The first-order valence-corrected chi connectivity index (χ1v) is 10.1. The molecule has 5 heteroatoms. The Hall–Kier alpha value is -2.95. The number of amides is 2. The van der Waals surface area contributed by atoms with Gasteiger partial charge in [-0.25, -0.2) is 4.39 Å². The molecule has 0 radical (unpaired) electrons. The number of hydrogen-bond acceptors (Lipinski definition) is 3. The fourth-order valence-electron chi connectivity index (χ4n) is 4.17. The smallest absolute Gasteiger partial charge is 0.278 e. The summed E-state index contributed by atoms with van der Waals surface area (Å²) in [4.78, 5) is 30.0. The molecule has 2 aliphatic rings. The molecule has 0 spiro atoms. The number of imide groups is 1. The van der Waals surface area contributed by atoms with E-state index in [1.807, 2.05) is 36.1 Å². The van der Waals surface area contributed by atoms with Crippen LogP contribution in [-0.2, 0) is 16.1 Å². The van der Waals surface area contributed by atoms with Crippen molar-refractivity contribution < 1.29 is 14.0 Å². The van der Waals surface area contributed by atoms with E-state index < -0.39 is 5.82 Å². The van der Waals surface area contributed by atoms with Gasteiger partial charge in [0.1, 0.15) is 11.5 Å². The Kier molecular flexibility index (Phi) is 5.22. The SMILES string of the molecule is Cc1ccc(C2=C(N3CCCC(C)C3)C(=O)N(Cc3ccccc3F)C2=O)cc1. The van der Waals surface area contributed by atoms with Crippen molar-refractivity contribution in [2.24, 2.45) is 5.92 Å². The predicted octanol–water partition coefficient (Wildman–Crippen LogP) is 4.15. The molecule has 1 saturated heterocycles. The molecule has 4 nitrogen and oxygen atoms in total.